The molecule has 0 spiro atoms. The second kappa shape index (κ2) is 6.84. The minimum Gasteiger partial charge on any atom is -0.458 e. The molecule has 0 radical (unpaired) electrons. The fraction of sp³-hybridized carbons (Fsp3) is 0.696. The second-order valence-electron chi connectivity index (χ2n) is 9.93. The number of esters is 1. The maximum Gasteiger partial charge on any atom is 0.303 e. The Morgan fingerprint density at radius 2 is 1.97 bits per heavy atom. The summed E-state index contributed by atoms with van der Waals surface area (Å²) in [6, 6.07) is 0. The number of fused-ring (bicyclic) bond motifs is 5. The molecule has 4 aliphatic rings. The molecule has 8 atom stereocenters. The minimum absolute atomic E-state index is 0.0241. The van der Waals surface area contributed by atoms with Crippen LogP contribution in [0.2, 0.25) is 0 Å². The lowest BCUT2D eigenvalue weighted by Gasteiger charge is -2.59. The zero-order chi connectivity index (χ0) is 22.1. The number of ether oxygens (including phenoxy) is 1. The van der Waals surface area contributed by atoms with E-state index in [9.17, 15) is 29.7 Å². The van der Waals surface area contributed by atoms with Crippen LogP contribution in [0.25, 0.3) is 0 Å². The van der Waals surface area contributed by atoms with Crippen LogP contribution in [0.3, 0.4) is 0 Å². The molecular formula is C23H30O7. The first kappa shape index (κ1) is 21.4. The highest BCUT2D eigenvalue weighted by molar-refractivity contribution is 6.01. The largest absolute Gasteiger partial charge is 0.458 e. The predicted molar refractivity (Wildman–Crippen MR) is 106 cm³/mol. The first-order chi connectivity index (χ1) is 13.9. The summed E-state index contributed by atoms with van der Waals surface area (Å²) >= 11 is 0. The van der Waals surface area contributed by atoms with Crippen LogP contribution in [0.15, 0.2) is 23.8 Å². The molecule has 0 aromatic heterocycles. The van der Waals surface area contributed by atoms with Gasteiger partial charge in [-0.2, -0.15) is 0 Å². The Morgan fingerprint density at radius 1 is 1.27 bits per heavy atom. The van der Waals surface area contributed by atoms with E-state index < -0.39 is 47.0 Å². The molecule has 4 rings (SSSR count). The van der Waals surface area contributed by atoms with Crippen LogP contribution in [-0.2, 0) is 19.1 Å². The van der Waals surface area contributed by atoms with Crippen LogP contribution in [0.1, 0.15) is 46.5 Å². The van der Waals surface area contributed by atoms with Crippen LogP contribution >= 0.6 is 0 Å². The maximum atomic E-state index is 12.9. The van der Waals surface area contributed by atoms with Gasteiger partial charge in [0.05, 0.1) is 12.2 Å². The summed E-state index contributed by atoms with van der Waals surface area (Å²) in [6.45, 7) is 4.36. The number of hydrogen-bond acceptors (Lipinski definition) is 7. The first-order valence-electron chi connectivity index (χ1n) is 10.6. The van der Waals surface area contributed by atoms with Gasteiger partial charge in [-0.3, -0.25) is 14.4 Å². The Morgan fingerprint density at radius 3 is 2.63 bits per heavy atom. The van der Waals surface area contributed by atoms with Gasteiger partial charge in [-0.1, -0.05) is 25.5 Å². The van der Waals surface area contributed by atoms with E-state index >= 15 is 0 Å². The van der Waals surface area contributed by atoms with Gasteiger partial charge in [0.15, 0.2) is 18.0 Å². The third kappa shape index (κ3) is 2.71. The van der Waals surface area contributed by atoms with E-state index in [1.807, 2.05) is 13.0 Å². The van der Waals surface area contributed by atoms with Gasteiger partial charge in [0, 0.05) is 23.7 Å². The summed E-state index contributed by atoms with van der Waals surface area (Å²) in [5.41, 5.74) is -2.59. The Kier molecular flexibility index (Phi) is 4.88. The van der Waals surface area contributed by atoms with Gasteiger partial charge in [0.1, 0.15) is 0 Å². The number of ketones is 2. The molecule has 4 aliphatic carbocycles. The highest BCUT2D eigenvalue weighted by atomic mass is 16.5. The molecule has 7 nitrogen and oxygen atoms in total. The number of allylic oxidation sites excluding steroid dienone is 4. The van der Waals surface area contributed by atoms with E-state index in [1.165, 1.54) is 6.92 Å². The molecule has 0 bridgehead atoms. The molecule has 0 amide bonds. The number of Topliss-reactive ketones (excluding diaryl/α,β-unsaturated/α-hetero) is 1. The summed E-state index contributed by atoms with van der Waals surface area (Å²) in [6.07, 6.45) is 4.78. The van der Waals surface area contributed by atoms with Gasteiger partial charge in [0.25, 0.3) is 0 Å². The average molecular weight is 418 g/mol. The summed E-state index contributed by atoms with van der Waals surface area (Å²) in [5.74, 6) is -1.79. The number of carbonyl (C=O) groups excluding carboxylic acids is 3. The molecule has 5 unspecified atom stereocenters. The molecular weight excluding hydrogens is 388 g/mol. The number of carbonyl (C=O) groups is 3. The van der Waals surface area contributed by atoms with Gasteiger partial charge in [-0.05, 0) is 49.7 Å². The molecule has 164 valence electrons. The van der Waals surface area contributed by atoms with E-state index in [0.29, 0.717) is 12.8 Å². The van der Waals surface area contributed by atoms with Crippen molar-refractivity contribution in [1.82, 2.24) is 0 Å². The highest BCUT2D eigenvalue weighted by Gasteiger charge is 2.71. The van der Waals surface area contributed by atoms with Gasteiger partial charge in [-0.25, -0.2) is 0 Å². The topological polar surface area (TPSA) is 121 Å². The Labute approximate surface area is 175 Å². The highest BCUT2D eigenvalue weighted by Crippen LogP contribution is 2.67. The lowest BCUT2D eigenvalue weighted by molar-refractivity contribution is -0.192. The van der Waals surface area contributed by atoms with Crippen molar-refractivity contribution in [3.05, 3.63) is 23.8 Å². The van der Waals surface area contributed by atoms with Crippen LogP contribution in [0.4, 0.5) is 0 Å². The van der Waals surface area contributed by atoms with Crippen molar-refractivity contribution in [2.75, 3.05) is 6.61 Å². The van der Waals surface area contributed by atoms with Gasteiger partial charge in [0.2, 0.25) is 5.78 Å². The lowest BCUT2D eigenvalue weighted by Crippen LogP contribution is -2.63. The van der Waals surface area contributed by atoms with Crippen LogP contribution in [0, 0.1) is 28.6 Å². The number of aliphatic hydroxyl groups excluding tert-OH is 2. The van der Waals surface area contributed by atoms with Gasteiger partial charge < -0.3 is 20.1 Å². The second-order valence-corrected chi connectivity index (χ2v) is 9.93. The monoisotopic (exact) mass is 418 g/mol. The molecule has 30 heavy (non-hydrogen) atoms. The normalized spacial score (nSPS) is 47.1. The molecule has 0 heterocycles. The molecule has 0 aromatic carbocycles. The van der Waals surface area contributed by atoms with Crippen LogP contribution < -0.4 is 0 Å². The molecule has 0 aliphatic heterocycles. The first-order valence-corrected chi connectivity index (χ1v) is 10.6. The third-order valence-electron chi connectivity index (χ3n) is 8.55. The fourth-order valence-corrected chi connectivity index (χ4v) is 7.12. The fourth-order valence-electron chi connectivity index (χ4n) is 7.12. The number of rotatable bonds is 3. The summed E-state index contributed by atoms with van der Waals surface area (Å²) < 4.78 is 4.81. The van der Waals surface area contributed by atoms with Crippen LogP contribution in [0.5, 0.6) is 0 Å². The average Bonchev–Trinajstić information content (AvgIpc) is 2.87. The van der Waals surface area contributed by atoms with Crippen molar-refractivity contribution in [2.24, 2.45) is 28.6 Å². The molecule has 7 heteroatoms. The lowest BCUT2D eigenvalue weighted by atomic mass is 9.46. The zero-order valence-electron chi connectivity index (χ0n) is 17.6. The smallest absolute Gasteiger partial charge is 0.303 e. The Bertz CT molecular complexity index is 860. The van der Waals surface area contributed by atoms with Crippen LogP contribution in [-0.4, -0.2) is 57.3 Å². The van der Waals surface area contributed by atoms with E-state index in [0.717, 1.165) is 5.57 Å². The third-order valence-corrected chi connectivity index (χ3v) is 8.55. The standard InChI is InChI=1S/C23H30O7/c1-12(24)30-11-19(28)23(29)18(27)9-16-15-5-4-13-8-14(25)6-7-21(13,2)20(15)17(26)10-22(16,23)3/h6-8,15-18,20,26-27,29H,4-5,9-11H2,1-3H3/t15?,16?,17-,18+,20?,21?,22?,23-/m0/s1. The summed E-state index contributed by atoms with van der Waals surface area (Å²) in [7, 11) is 0. The quantitative estimate of drug-likeness (QED) is 0.587. The van der Waals surface area contributed by atoms with Crippen molar-refractivity contribution in [1.29, 1.82) is 0 Å². The van der Waals surface area contributed by atoms with E-state index in [4.69, 9.17) is 4.74 Å². The molecule has 3 fully saturated rings. The summed E-state index contributed by atoms with van der Waals surface area (Å²) in [5, 5.41) is 33.6. The van der Waals surface area contributed by atoms with Crippen molar-refractivity contribution in [2.45, 2.75) is 64.3 Å². The van der Waals surface area contributed by atoms with Gasteiger partial charge in [-0.15, -0.1) is 0 Å². The molecule has 0 saturated heterocycles. The van der Waals surface area contributed by atoms with E-state index in [1.54, 1.807) is 19.1 Å². The van der Waals surface area contributed by atoms with E-state index in [-0.39, 0.29) is 36.4 Å². The minimum atomic E-state index is -2.09. The predicted octanol–water partition coefficient (Wildman–Crippen LogP) is 1.10. The molecule has 3 N–H and O–H groups in total. The number of aliphatic hydroxyl groups is 3. The van der Waals surface area contributed by atoms with Crippen molar-refractivity contribution in [3.63, 3.8) is 0 Å². The van der Waals surface area contributed by atoms with Gasteiger partial charge >= 0.3 is 5.97 Å². The van der Waals surface area contributed by atoms with E-state index in [2.05, 4.69) is 0 Å². The van der Waals surface area contributed by atoms with Crippen molar-refractivity contribution >= 4 is 17.5 Å². The molecule has 0 aromatic rings. The maximum absolute atomic E-state index is 12.9. The zero-order valence-corrected chi connectivity index (χ0v) is 17.6. The van der Waals surface area contributed by atoms with Crippen molar-refractivity contribution < 1.29 is 34.4 Å². The Balaban J connectivity index is 1.70. The summed E-state index contributed by atoms with van der Waals surface area (Å²) in [4.78, 5) is 35.9. The Hall–Kier alpha value is -1.83. The SMILES string of the molecule is CC(=O)OCC(=O)[C@@]1(O)[C@H](O)CC2C3CCC4=CC(=O)C=CC4(C)C3[C@@H](O)CC21C. The number of hydrogen-bond donors (Lipinski definition) is 3. The van der Waals surface area contributed by atoms with Crippen molar-refractivity contribution in [3.8, 4) is 0 Å². The molecule has 3 saturated carbocycles.